The standard InChI is InChI=1S/C43H49F2N9O4/c44-34-24-31(48-36-15-17-38(55)51-42(36)58)12-16-37(34)54-21-19-53(20-22-54)32-13-10-29(11-14-32)49-40(56)26-6-8-30(9-7-26)50-43-47-25-35(45)39(52-43)28-4-1-3-27(23-28)33-5-2-18-46-41(33)57/h1-5,12,16,18,23-26,29-30,32,36,48H,6-11,13-15,17,19-22H2,(H,46,57)(H,49,56)(H,47,50,52)(H,51,55,58)/t26-,29?,30-,32?,36-/m0/s1. The van der Waals surface area contributed by atoms with Gasteiger partial charge in [-0.1, -0.05) is 18.2 Å². The van der Waals surface area contributed by atoms with E-state index in [0.717, 1.165) is 70.7 Å². The van der Waals surface area contributed by atoms with Gasteiger partial charge < -0.3 is 25.8 Å². The highest BCUT2D eigenvalue weighted by Gasteiger charge is 2.33. The first-order chi connectivity index (χ1) is 28.2. The normalized spacial score (nSPS) is 24.2. The van der Waals surface area contributed by atoms with Crippen LogP contribution in [0, 0.1) is 17.6 Å². The topological polar surface area (TPSA) is 164 Å². The van der Waals surface area contributed by atoms with E-state index in [1.54, 1.807) is 54.7 Å². The number of nitrogens with one attached hydrogen (secondary N) is 5. The van der Waals surface area contributed by atoms with Crippen molar-refractivity contribution in [3.63, 3.8) is 0 Å². The number of imide groups is 1. The Hall–Kier alpha value is -5.70. The molecule has 0 unspecified atom stereocenters. The summed E-state index contributed by atoms with van der Waals surface area (Å²) in [4.78, 5) is 65.2. The second-order valence-electron chi connectivity index (χ2n) is 15.9. The summed E-state index contributed by atoms with van der Waals surface area (Å²) in [6.07, 6.45) is 10.3. The molecule has 0 radical (unpaired) electrons. The van der Waals surface area contributed by atoms with Gasteiger partial charge in [0.1, 0.15) is 17.6 Å². The molecule has 13 nitrogen and oxygen atoms in total. The van der Waals surface area contributed by atoms with E-state index in [-0.39, 0.29) is 59.2 Å². The third-order valence-electron chi connectivity index (χ3n) is 12.2. The zero-order valence-corrected chi connectivity index (χ0v) is 32.3. The molecule has 1 atom stereocenters. The van der Waals surface area contributed by atoms with Crippen LogP contribution in [-0.4, -0.2) is 87.9 Å². The van der Waals surface area contributed by atoms with Gasteiger partial charge in [0, 0.05) is 79.7 Å². The molecule has 58 heavy (non-hydrogen) atoms. The minimum absolute atomic E-state index is 0.0555. The Morgan fingerprint density at radius 2 is 1.53 bits per heavy atom. The molecule has 2 aliphatic heterocycles. The van der Waals surface area contributed by atoms with Crippen LogP contribution in [0.15, 0.2) is 71.8 Å². The van der Waals surface area contributed by atoms with Crippen LogP contribution >= 0.6 is 0 Å². The van der Waals surface area contributed by atoms with Gasteiger partial charge in [0.2, 0.25) is 23.7 Å². The van der Waals surface area contributed by atoms with Gasteiger partial charge in [-0.15, -0.1) is 0 Å². The van der Waals surface area contributed by atoms with E-state index in [1.807, 2.05) is 0 Å². The quantitative estimate of drug-likeness (QED) is 0.135. The summed E-state index contributed by atoms with van der Waals surface area (Å²) < 4.78 is 30.2. The number of aromatic nitrogens is 3. The Morgan fingerprint density at radius 1 is 0.776 bits per heavy atom. The number of amides is 3. The van der Waals surface area contributed by atoms with Crippen molar-refractivity contribution in [1.29, 1.82) is 0 Å². The maximum absolute atomic E-state index is 15.2. The minimum atomic E-state index is -0.562. The number of nitrogens with zero attached hydrogens (tertiary/aromatic N) is 4. The number of halogens is 2. The van der Waals surface area contributed by atoms with Gasteiger partial charge in [-0.2, -0.15) is 0 Å². The smallest absolute Gasteiger partial charge is 0.255 e. The Balaban J connectivity index is 0.760. The molecule has 4 fully saturated rings. The van der Waals surface area contributed by atoms with Crippen LogP contribution < -0.4 is 31.7 Å². The second kappa shape index (κ2) is 17.4. The van der Waals surface area contributed by atoms with Crippen molar-refractivity contribution in [2.24, 2.45) is 5.92 Å². The van der Waals surface area contributed by atoms with E-state index >= 15 is 4.39 Å². The molecule has 2 aromatic carbocycles. The maximum atomic E-state index is 15.2. The fourth-order valence-electron chi connectivity index (χ4n) is 8.92. The van der Waals surface area contributed by atoms with Gasteiger partial charge in [0.05, 0.1) is 11.9 Å². The SMILES string of the molecule is O=C1CC[C@H](Nc2ccc(N3CCN(C4CCC(NC(=O)[C@H]5CC[C@H](Nc6ncc(F)c(-c7cccc(-c8ccc[nH]c8=O)c7)n6)CC5)CC4)CC3)c(F)c2)C(=O)N1. The monoisotopic (exact) mass is 793 g/mol. The van der Waals surface area contributed by atoms with Gasteiger partial charge >= 0.3 is 0 Å². The van der Waals surface area contributed by atoms with E-state index < -0.39 is 11.9 Å². The van der Waals surface area contributed by atoms with Crippen LogP contribution in [0.25, 0.3) is 22.4 Å². The molecule has 8 rings (SSSR count). The molecule has 2 saturated carbocycles. The lowest BCUT2D eigenvalue weighted by Crippen LogP contribution is -2.52. The van der Waals surface area contributed by atoms with Crippen molar-refractivity contribution >= 4 is 35.0 Å². The first-order valence-electron chi connectivity index (χ1n) is 20.4. The lowest BCUT2D eigenvalue weighted by atomic mass is 9.84. The number of H-pyrrole nitrogens is 1. The van der Waals surface area contributed by atoms with Gasteiger partial charge in [-0.05, 0) is 99.7 Å². The van der Waals surface area contributed by atoms with Crippen LogP contribution in [0.4, 0.5) is 26.1 Å². The van der Waals surface area contributed by atoms with Crippen molar-refractivity contribution in [3.8, 4) is 22.4 Å². The lowest BCUT2D eigenvalue weighted by Gasteiger charge is -2.43. The summed E-state index contributed by atoms with van der Waals surface area (Å²) >= 11 is 0. The van der Waals surface area contributed by atoms with E-state index in [1.165, 1.54) is 6.07 Å². The summed E-state index contributed by atoms with van der Waals surface area (Å²) in [5, 5.41) is 12.1. The molecular weight excluding hydrogens is 745 g/mol. The summed E-state index contributed by atoms with van der Waals surface area (Å²) in [5.41, 5.74) is 2.67. The van der Waals surface area contributed by atoms with Crippen LogP contribution in [0.5, 0.6) is 0 Å². The number of carbonyl (C=O) groups excluding carboxylic acids is 3. The Morgan fingerprint density at radius 3 is 2.28 bits per heavy atom. The van der Waals surface area contributed by atoms with Gasteiger partial charge in [0.25, 0.3) is 5.56 Å². The lowest BCUT2D eigenvalue weighted by molar-refractivity contribution is -0.133. The largest absolute Gasteiger partial charge is 0.374 e. The van der Waals surface area contributed by atoms with Crippen molar-refractivity contribution in [2.75, 3.05) is 41.7 Å². The first-order valence-corrected chi connectivity index (χ1v) is 20.4. The fourth-order valence-corrected chi connectivity index (χ4v) is 8.92. The molecule has 4 aliphatic rings. The fraction of sp³-hybridized carbons (Fsp3) is 0.442. The number of hydrogen-bond acceptors (Lipinski definition) is 10. The van der Waals surface area contributed by atoms with Gasteiger partial charge in [0.15, 0.2) is 5.82 Å². The highest BCUT2D eigenvalue weighted by Crippen LogP contribution is 2.31. The number of carbonyl (C=O) groups is 3. The molecular formula is C43H49F2N9O4. The summed E-state index contributed by atoms with van der Waals surface area (Å²) in [5.74, 6) is -1.18. The molecule has 4 aromatic rings. The predicted molar refractivity (Wildman–Crippen MR) is 217 cm³/mol. The Kier molecular flexibility index (Phi) is 11.8. The van der Waals surface area contributed by atoms with E-state index in [9.17, 15) is 23.6 Å². The second-order valence-corrected chi connectivity index (χ2v) is 15.9. The molecule has 4 heterocycles. The van der Waals surface area contributed by atoms with Crippen LogP contribution in [0.1, 0.15) is 64.2 Å². The Labute approximate surface area is 335 Å². The number of piperazine rings is 1. The van der Waals surface area contributed by atoms with Crippen LogP contribution in [0.3, 0.4) is 0 Å². The molecule has 2 saturated heterocycles. The van der Waals surface area contributed by atoms with Crippen LogP contribution in [-0.2, 0) is 14.4 Å². The molecule has 0 spiro atoms. The molecule has 2 aromatic heterocycles. The zero-order chi connectivity index (χ0) is 40.2. The third kappa shape index (κ3) is 9.04. The zero-order valence-electron chi connectivity index (χ0n) is 32.3. The Bertz CT molecular complexity index is 2190. The first kappa shape index (κ1) is 39.1. The maximum Gasteiger partial charge on any atom is 0.255 e. The van der Waals surface area contributed by atoms with Gasteiger partial charge in [-0.25, -0.2) is 18.7 Å². The van der Waals surface area contributed by atoms with Crippen molar-refractivity contribution < 1.29 is 23.2 Å². The average Bonchev–Trinajstić information content (AvgIpc) is 3.23. The summed E-state index contributed by atoms with van der Waals surface area (Å²) in [6.45, 7) is 3.10. The molecule has 304 valence electrons. The van der Waals surface area contributed by atoms with Crippen molar-refractivity contribution in [1.82, 2.24) is 30.5 Å². The van der Waals surface area contributed by atoms with Crippen molar-refractivity contribution in [3.05, 3.63) is 89.0 Å². The van der Waals surface area contributed by atoms with E-state index in [4.69, 9.17) is 0 Å². The summed E-state index contributed by atoms with van der Waals surface area (Å²) in [6, 6.07) is 15.6. The third-order valence-corrected chi connectivity index (χ3v) is 12.2. The molecule has 15 heteroatoms. The molecule has 0 bridgehead atoms. The highest BCUT2D eigenvalue weighted by molar-refractivity contribution is 6.01. The number of pyridine rings is 1. The number of anilines is 3. The number of benzene rings is 2. The predicted octanol–water partition coefficient (Wildman–Crippen LogP) is 5.21. The highest BCUT2D eigenvalue weighted by atomic mass is 19.1. The minimum Gasteiger partial charge on any atom is -0.374 e. The molecule has 5 N–H and O–H groups in total. The summed E-state index contributed by atoms with van der Waals surface area (Å²) in [7, 11) is 0. The molecule has 2 aliphatic carbocycles. The van der Waals surface area contributed by atoms with E-state index in [0.29, 0.717) is 59.6 Å². The number of aromatic amines is 1. The molecule has 3 amide bonds. The van der Waals surface area contributed by atoms with Gasteiger partial charge in [-0.3, -0.25) is 29.4 Å². The van der Waals surface area contributed by atoms with Crippen molar-refractivity contribution in [2.45, 2.75) is 88.4 Å². The van der Waals surface area contributed by atoms with Crippen LogP contribution in [0.2, 0.25) is 0 Å². The number of rotatable bonds is 10. The van der Waals surface area contributed by atoms with E-state index in [2.05, 4.69) is 46.0 Å². The average molecular weight is 794 g/mol. The number of hydrogen-bond donors (Lipinski definition) is 5. The number of piperidine rings is 1.